The highest BCUT2D eigenvalue weighted by molar-refractivity contribution is 5.97. The third-order valence-corrected chi connectivity index (χ3v) is 6.38. The van der Waals surface area contributed by atoms with Crippen molar-refractivity contribution in [3.05, 3.63) is 34.9 Å². The van der Waals surface area contributed by atoms with Gasteiger partial charge in [0.1, 0.15) is 6.61 Å². The summed E-state index contributed by atoms with van der Waals surface area (Å²) in [6.07, 6.45) is 7.37. The summed E-state index contributed by atoms with van der Waals surface area (Å²) in [5.74, 6) is 0.800. The Morgan fingerprint density at radius 2 is 2.08 bits per heavy atom. The van der Waals surface area contributed by atoms with Crippen molar-refractivity contribution < 1.29 is 14.7 Å². The molecule has 1 saturated heterocycles. The molecule has 4 rings (SSSR count). The number of ketones is 1. The smallest absolute Gasteiger partial charge is 0.229 e. The van der Waals surface area contributed by atoms with Gasteiger partial charge < -0.3 is 10.0 Å². The molecule has 2 aliphatic carbocycles. The molecule has 1 aromatic rings. The number of aryl methyl sites for hydroxylation is 1. The average molecular weight is 327 g/mol. The molecule has 1 amide bonds. The lowest BCUT2D eigenvalue weighted by atomic mass is 9.70. The van der Waals surface area contributed by atoms with Gasteiger partial charge in [0.25, 0.3) is 0 Å². The van der Waals surface area contributed by atoms with Gasteiger partial charge in [-0.15, -0.1) is 0 Å². The van der Waals surface area contributed by atoms with Crippen LogP contribution in [0.25, 0.3) is 0 Å². The van der Waals surface area contributed by atoms with Crippen molar-refractivity contribution in [2.75, 3.05) is 19.7 Å². The number of fused-ring (bicyclic) bond motifs is 1. The number of hydrogen-bond donors (Lipinski definition) is 1. The second-order valence-electron chi connectivity index (χ2n) is 7.82. The number of hydrogen-bond acceptors (Lipinski definition) is 3. The fraction of sp³-hybridized carbons (Fsp3) is 0.600. The maximum atomic E-state index is 13.1. The highest BCUT2D eigenvalue weighted by Crippen LogP contribution is 2.44. The summed E-state index contributed by atoms with van der Waals surface area (Å²) in [4.78, 5) is 26.9. The maximum Gasteiger partial charge on any atom is 0.229 e. The molecule has 0 aromatic heterocycles. The van der Waals surface area contributed by atoms with Crippen LogP contribution in [0.15, 0.2) is 18.2 Å². The molecule has 0 bridgehead atoms. The normalized spacial score (nSPS) is 26.5. The van der Waals surface area contributed by atoms with Crippen LogP contribution < -0.4 is 0 Å². The van der Waals surface area contributed by atoms with Gasteiger partial charge in [0.15, 0.2) is 5.78 Å². The Bertz CT molecular complexity index is 679. The molecule has 1 aliphatic heterocycles. The molecule has 1 N–H and O–H groups in total. The van der Waals surface area contributed by atoms with Crippen molar-refractivity contribution in [3.63, 3.8) is 0 Å². The third kappa shape index (κ3) is 2.57. The molecule has 0 radical (unpaired) electrons. The van der Waals surface area contributed by atoms with Crippen molar-refractivity contribution in [3.8, 4) is 0 Å². The molecule has 1 spiro atoms. The van der Waals surface area contributed by atoms with Crippen LogP contribution in [0.5, 0.6) is 0 Å². The predicted molar refractivity (Wildman–Crippen MR) is 90.9 cm³/mol. The summed E-state index contributed by atoms with van der Waals surface area (Å²) in [6, 6.07) is 5.70. The van der Waals surface area contributed by atoms with E-state index in [2.05, 4.69) is 4.90 Å². The average Bonchev–Trinajstić information content (AvgIpc) is 2.86. The first-order valence-corrected chi connectivity index (χ1v) is 9.16. The Kier molecular flexibility index (Phi) is 3.95. The molecular weight excluding hydrogens is 302 g/mol. The fourth-order valence-electron chi connectivity index (χ4n) is 4.58. The van der Waals surface area contributed by atoms with E-state index in [0.29, 0.717) is 17.4 Å². The van der Waals surface area contributed by atoms with Crippen LogP contribution >= 0.6 is 0 Å². The molecule has 4 heteroatoms. The zero-order valence-electron chi connectivity index (χ0n) is 14.1. The Hall–Kier alpha value is -1.68. The van der Waals surface area contributed by atoms with E-state index in [-0.39, 0.29) is 11.2 Å². The summed E-state index contributed by atoms with van der Waals surface area (Å²) >= 11 is 0. The number of aliphatic hydroxyl groups excluding tert-OH is 1. The number of benzene rings is 1. The predicted octanol–water partition coefficient (Wildman–Crippen LogP) is 2.37. The van der Waals surface area contributed by atoms with Gasteiger partial charge in [-0.2, -0.15) is 0 Å². The van der Waals surface area contributed by atoms with Gasteiger partial charge in [-0.25, -0.2) is 0 Å². The first kappa shape index (κ1) is 15.8. The SMILES string of the molecule is O=C(CO)c1ccc2c(c1)C[C@@]1(CC2)CCN(CC2CCC2)C1=O. The van der Waals surface area contributed by atoms with E-state index in [1.165, 1.54) is 24.8 Å². The van der Waals surface area contributed by atoms with Gasteiger partial charge >= 0.3 is 0 Å². The minimum absolute atomic E-state index is 0.248. The number of rotatable bonds is 4. The molecule has 1 heterocycles. The topological polar surface area (TPSA) is 57.6 Å². The minimum atomic E-state index is -0.460. The van der Waals surface area contributed by atoms with Crippen molar-refractivity contribution in [1.82, 2.24) is 4.90 Å². The Morgan fingerprint density at radius 3 is 2.79 bits per heavy atom. The second kappa shape index (κ2) is 5.99. The van der Waals surface area contributed by atoms with E-state index in [0.717, 1.165) is 44.3 Å². The molecule has 24 heavy (non-hydrogen) atoms. The molecule has 4 nitrogen and oxygen atoms in total. The molecule has 1 aromatic carbocycles. The fourth-order valence-corrected chi connectivity index (χ4v) is 4.58. The zero-order valence-corrected chi connectivity index (χ0v) is 14.1. The molecular formula is C20H25NO3. The summed E-state index contributed by atoms with van der Waals surface area (Å²) in [5, 5.41) is 9.08. The van der Waals surface area contributed by atoms with Gasteiger partial charge in [-0.1, -0.05) is 18.6 Å². The third-order valence-electron chi connectivity index (χ3n) is 6.38. The zero-order chi connectivity index (χ0) is 16.7. The van der Waals surface area contributed by atoms with Gasteiger partial charge in [0.05, 0.1) is 5.41 Å². The van der Waals surface area contributed by atoms with Crippen molar-refractivity contribution in [2.45, 2.75) is 44.9 Å². The Balaban J connectivity index is 1.54. The maximum absolute atomic E-state index is 13.1. The lowest BCUT2D eigenvalue weighted by Gasteiger charge is -2.35. The number of Topliss-reactive ketones (excluding diaryl/α,β-unsaturated/α-hetero) is 1. The number of amides is 1. The highest BCUT2D eigenvalue weighted by Gasteiger charge is 2.48. The number of aliphatic hydroxyl groups is 1. The number of nitrogens with zero attached hydrogens (tertiary/aromatic N) is 1. The molecule has 0 unspecified atom stereocenters. The molecule has 3 aliphatic rings. The quantitative estimate of drug-likeness (QED) is 0.864. The van der Waals surface area contributed by atoms with Gasteiger partial charge in [-0.05, 0) is 61.6 Å². The van der Waals surface area contributed by atoms with Crippen LogP contribution in [0.1, 0.15) is 53.6 Å². The highest BCUT2D eigenvalue weighted by atomic mass is 16.3. The van der Waals surface area contributed by atoms with Gasteiger partial charge in [0.2, 0.25) is 5.91 Å². The van der Waals surface area contributed by atoms with E-state index < -0.39 is 6.61 Å². The molecule has 1 atom stereocenters. The second-order valence-corrected chi connectivity index (χ2v) is 7.82. The van der Waals surface area contributed by atoms with Crippen LogP contribution in [0.2, 0.25) is 0 Å². The minimum Gasteiger partial charge on any atom is -0.388 e. The largest absolute Gasteiger partial charge is 0.388 e. The number of carbonyl (C=O) groups is 2. The first-order chi connectivity index (χ1) is 11.6. The van der Waals surface area contributed by atoms with Gasteiger partial charge in [0, 0.05) is 18.7 Å². The van der Waals surface area contributed by atoms with E-state index in [1.807, 2.05) is 12.1 Å². The summed E-state index contributed by atoms with van der Waals surface area (Å²) in [6.45, 7) is 1.37. The van der Waals surface area contributed by atoms with Crippen molar-refractivity contribution in [2.24, 2.45) is 11.3 Å². The van der Waals surface area contributed by atoms with E-state index in [9.17, 15) is 9.59 Å². The van der Waals surface area contributed by atoms with Crippen LogP contribution in [0, 0.1) is 11.3 Å². The molecule has 1 saturated carbocycles. The van der Waals surface area contributed by atoms with E-state index >= 15 is 0 Å². The lowest BCUT2D eigenvalue weighted by molar-refractivity contribution is -0.137. The van der Waals surface area contributed by atoms with Crippen molar-refractivity contribution >= 4 is 11.7 Å². The van der Waals surface area contributed by atoms with Crippen LogP contribution in [-0.4, -0.2) is 41.4 Å². The van der Waals surface area contributed by atoms with E-state index in [1.54, 1.807) is 6.07 Å². The first-order valence-electron chi connectivity index (χ1n) is 9.16. The van der Waals surface area contributed by atoms with Crippen LogP contribution in [-0.2, 0) is 17.6 Å². The Morgan fingerprint density at radius 1 is 1.25 bits per heavy atom. The van der Waals surface area contributed by atoms with Crippen LogP contribution in [0.3, 0.4) is 0 Å². The molecule has 128 valence electrons. The number of carbonyl (C=O) groups excluding carboxylic acids is 2. The standard InChI is InChI=1S/C20H25NO3/c22-13-18(23)16-5-4-15-6-7-20(11-17(15)10-16)8-9-21(19(20)24)12-14-2-1-3-14/h4-5,10,14,22H,1-3,6-9,11-13H2/t20-/m1/s1. The van der Waals surface area contributed by atoms with E-state index in [4.69, 9.17) is 5.11 Å². The van der Waals surface area contributed by atoms with Crippen LogP contribution in [0.4, 0.5) is 0 Å². The lowest BCUT2D eigenvalue weighted by Crippen LogP contribution is -2.41. The Labute approximate surface area is 142 Å². The number of likely N-dealkylation sites (tertiary alicyclic amines) is 1. The summed E-state index contributed by atoms with van der Waals surface area (Å²) in [5.41, 5.74) is 2.68. The summed E-state index contributed by atoms with van der Waals surface area (Å²) in [7, 11) is 0. The van der Waals surface area contributed by atoms with Crippen molar-refractivity contribution in [1.29, 1.82) is 0 Å². The molecule has 2 fully saturated rings. The monoisotopic (exact) mass is 327 g/mol. The summed E-state index contributed by atoms with van der Waals surface area (Å²) < 4.78 is 0. The van der Waals surface area contributed by atoms with Gasteiger partial charge in [-0.3, -0.25) is 9.59 Å².